The summed E-state index contributed by atoms with van der Waals surface area (Å²) in [7, 11) is 0. The topological polar surface area (TPSA) is 72.4 Å². The Kier molecular flexibility index (Phi) is 9.83. The van der Waals surface area contributed by atoms with Crippen LogP contribution < -0.4 is 16.6 Å². The molecule has 0 saturated heterocycles. The van der Waals surface area contributed by atoms with Crippen molar-refractivity contribution in [1.29, 1.82) is 0 Å². The van der Waals surface area contributed by atoms with Crippen molar-refractivity contribution in [1.82, 2.24) is 9.88 Å². The highest BCUT2D eigenvalue weighted by Crippen LogP contribution is 1.98. The van der Waals surface area contributed by atoms with Crippen molar-refractivity contribution >= 4 is 29.9 Å². The van der Waals surface area contributed by atoms with Gasteiger partial charge in [0.05, 0.1) is 0 Å². The van der Waals surface area contributed by atoms with Gasteiger partial charge in [0.15, 0.2) is 5.96 Å². The van der Waals surface area contributed by atoms with Crippen molar-refractivity contribution in [3.05, 3.63) is 70.6 Å². The van der Waals surface area contributed by atoms with Crippen molar-refractivity contribution < 1.29 is 0 Å². The van der Waals surface area contributed by atoms with Gasteiger partial charge in [-0.2, -0.15) is 0 Å². The van der Waals surface area contributed by atoms with E-state index in [2.05, 4.69) is 22.4 Å². The highest BCUT2D eigenvalue weighted by Gasteiger charge is 1.95. The third-order valence-corrected chi connectivity index (χ3v) is 3.55. The smallest absolute Gasteiger partial charge is 0.250 e. The van der Waals surface area contributed by atoms with E-state index in [9.17, 15) is 4.79 Å². The fraction of sp³-hybridized carbons (Fsp3) is 0.333. The van der Waals surface area contributed by atoms with Gasteiger partial charge in [0.2, 0.25) is 5.56 Å². The minimum atomic E-state index is 0. The lowest BCUT2D eigenvalue weighted by atomic mass is 10.1. The number of aromatic nitrogens is 1. The molecule has 3 N–H and O–H groups in total. The fourth-order valence-corrected chi connectivity index (χ4v) is 2.27. The monoisotopic (exact) mass is 440 g/mol. The maximum absolute atomic E-state index is 11.5. The van der Waals surface area contributed by atoms with E-state index in [0.717, 1.165) is 32.4 Å². The standard InChI is InChI=1S/C18H24N4O.HI/c19-18(21-13-11-16-8-2-1-3-9-16)20-12-5-7-15-22-14-6-4-10-17(22)23;/h1-4,6,8-10,14H,5,7,11-13,15H2,(H3,19,20,21);1H. The lowest BCUT2D eigenvalue weighted by Crippen LogP contribution is -2.33. The highest BCUT2D eigenvalue weighted by atomic mass is 127. The molecule has 1 aromatic heterocycles. The molecule has 0 aliphatic heterocycles. The molecule has 6 heteroatoms. The van der Waals surface area contributed by atoms with Crippen LogP contribution in [0.5, 0.6) is 0 Å². The Bertz CT molecular complexity index is 670. The van der Waals surface area contributed by atoms with Crippen LogP contribution in [-0.2, 0) is 13.0 Å². The van der Waals surface area contributed by atoms with Gasteiger partial charge in [-0.05, 0) is 30.9 Å². The predicted molar refractivity (Wildman–Crippen MR) is 110 cm³/mol. The molecule has 0 bridgehead atoms. The quantitative estimate of drug-likeness (QED) is 0.287. The zero-order chi connectivity index (χ0) is 16.3. The first kappa shape index (κ1) is 20.2. The van der Waals surface area contributed by atoms with Crippen LogP contribution >= 0.6 is 24.0 Å². The third-order valence-electron chi connectivity index (χ3n) is 3.55. The third kappa shape index (κ3) is 7.63. The molecule has 2 aromatic rings. The number of rotatable bonds is 8. The number of benzene rings is 1. The molecule has 0 aliphatic carbocycles. The second-order valence-corrected chi connectivity index (χ2v) is 5.37. The number of guanidine groups is 1. The van der Waals surface area contributed by atoms with Gasteiger partial charge in [0.1, 0.15) is 0 Å². The van der Waals surface area contributed by atoms with Crippen LogP contribution in [0.15, 0.2) is 64.5 Å². The molecule has 1 aromatic carbocycles. The molecule has 0 unspecified atom stereocenters. The van der Waals surface area contributed by atoms with Gasteiger partial charge < -0.3 is 15.6 Å². The largest absolute Gasteiger partial charge is 0.370 e. The molecule has 0 saturated carbocycles. The number of pyridine rings is 1. The lowest BCUT2D eigenvalue weighted by Gasteiger charge is -2.06. The van der Waals surface area contributed by atoms with E-state index in [4.69, 9.17) is 5.73 Å². The molecule has 0 amide bonds. The van der Waals surface area contributed by atoms with Gasteiger partial charge in [-0.15, -0.1) is 24.0 Å². The van der Waals surface area contributed by atoms with E-state index in [0.29, 0.717) is 12.5 Å². The minimum absolute atomic E-state index is 0. The van der Waals surface area contributed by atoms with Gasteiger partial charge in [-0.1, -0.05) is 36.4 Å². The Morgan fingerprint density at radius 2 is 1.83 bits per heavy atom. The molecule has 2 rings (SSSR count). The molecular formula is C18H25IN4O. The summed E-state index contributed by atoms with van der Waals surface area (Å²) in [6, 6.07) is 15.5. The van der Waals surface area contributed by atoms with Gasteiger partial charge >= 0.3 is 0 Å². The highest BCUT2D eigenvalue weighted by molar-refractivity contribution is 14.0. The van der Waals surface area contributed by atoms with E-state index in [1.54, 1.807) is 16.7 Å². The minimum Gasteiger partial charge on any atom is -0.370 e. The molecular weight excluding hydrogens is 415 g/mol. The molecule has 0 fully saturated rings. The van der Waals surface area contributed by atoms with Crippen LogP contribution in [0.3, 0.4) is 0 Å². The number of hydrogen-bond donors (Lipinski definition) is 2. The number of nitrogens with two attached hydrogens (primary N) is 1. The van der Waals surface area contributed by atoms with E-state index in [1.807, 2.05) is 30.5 Å². The van der Waals surface area contributed by atoms with Crippen molar-refractivity contribution in [2.45, 2.75) is 25.8 Å². The van der Waals surface area contributed by atoms with Crippen LogP contribution in [0, 0.1) is 0 Å². The Morgan fingerprint density at radius 1 is 1.08 bits per heavy atom. The summed E-state index contributed by atoms with van der Waals surface area (Å²) < 4.78 is 1.71. The van der Waals surface area contributed by atoms with Crippen LogP contribution in [0.25, 0.3) is 0 Å². The molecule has 0 atom stereocenters. The second kappa shape index (κ2) is 11.7. The average Bonchev–Trinajstić information content (AvgIpc) is 2.57. The maximum atomic E-state index is 11.5. The molecule has 130 valence electrons. The zero-order valence-corrected chi connectivity index (χ0v) is 16.1. The summed E-state index contributed by atoms with van der Waals surface area (Å²) in [6.07, 6.45) is 4.55. The van der Waals surface area contributed by atoms with E-state index >= 15 is 0 Å². The van der Waals surface area contributed by atoms with E-state index in [1.165, 1.54) is 5.56 Å². The molecule has 24 heavy (non-hydrogen) atoms. The van der Waals surface area contributed by atoms with Gasteiger partial charge in [-0.3, -0.25) is 9.79 Å². The zero-order valence-electron chi connectivity index (χ0n) is 13.7. The van der Waals surface area contributed by atoms with Crippen molar-refractivity contribution in [3.8, 4) is 0 Å². The Morgan fingerprint density at radius 3 is 2.58 bits per heavy atom. The first-order valence-corrected chi connectivity index (χ1v) is 7.99. The van der Waals surface area contributed by atoms with Gasteiger partial charge in [-0.25, -0.2) is 0 Å². The number of aryl methyl sites for hydroxylation is 1. The first-order valence-electron chi connectivity index (χ1n) is 7.99. The van der Waals surface area contributed by atoms with Crippen LogP contribution in [0.2, 0.25) is 0 Å². The van der Waals surface area contributed by atoms with Crippen LogP contribution in [0.4, 0.5) is 0 Å². The Balaban J connectivity index is 0.00000288. The summed E-state index contributed by atoms with van der Waals surface area (Å²) in [5, 5.41) is 3.12. The maximum Gasteiger partial charge on any atom is 0.250 e. The number of unbranched alkanes of at least 4 members (excludes halogenated alkanes) is 1. The van der Waals surface area contributed by atoms with E-state index < -0.39 is 0 Å². The molecule has 1 heterocycles. The van der Waals surface area contributed by atoms with Gasteiger partial charge in [0.25, 0.3) is 0 Å². The van der Waals surface area contributed by atoms with Gasteiger partial charge in [0, 0.05) is 31.9 Å². The Hall–Kier alpha value is -1.83. The summed E-state index contributed by atoms with van der Waals surface area (Å²) in [5.41, 5.74) is 7.16. The summed E-state index contributed by atoms with van der Waals surface area (Å²) in [6.45, 7) is 2.17. The number of nitrogens with one attached hydrogen (secondary N) is 1. The predicted octanol–water partition coefficient (Wildman–Crippen LogP) is 2.39. The molecule has 5 nitrogen and oxygen atoms in total. The van der Waals surface area contributed by atoms with E-state index in [-0.39, 0.29) is 29.5 Å². The SMILES string of the molecule is I.NC(=NCCCCn1ccccc1=O)NCCc1ccccc1. The van der Waals surface area contributed by atoms with Crippen molar-refractivity contribution in [2.75, 3.05) is 13.1 Å². The van der Waals surface area contributed by atoms with Crippen LogP contribution in [0.1, 0.15) is 18.4 Å². The molecule has 0 spiro atoms. The Labute approximate surface area is 160 Å². The lowest BCUT2D eigenvalue weighted by molar-refractivity contribution is 0.598. The number of halogens is 1. The molecule has 0 radical (unpaired) electrons. The molecule has 0 aliphatic rings. The summed E-state index contributed by atoms with van der Waals surface area (Å²) in [5.74, 6) is 0.484. The second-order valence-electron chi connectivity index (χ2n) is 5.37. The first-order chi connectivity index (χ1) is 11.3. The summed E-state index contributed by atoms with van der Waals surface area (Å²) >= 11 is 0. The van der Waals surface area contributed by atoms with Crippen molar-refractivity contribution in [3.63, 3.8) is 0 Å². The van der Waals surface area contributed by atoms with Crippen LogP contribution in [-0.4, -0.2) is 23.6 Å². The number of aliphatic imine (C=N–C) groups is 1. The fourth-order valence-electron chi connectivity index (χ4n) is 2.27. The average molecular weight is 440 g/mol. The summed E-state index contributed by atoms with van der Waals surface area (Å²) in [4.78, 5) is 15.8. The van der Waals surface area contributed by atoms with Crippen molar-refractivity contribution in [2.24, 2.45) is 10.7 Å². The number of nitrogens with zero attached hydrogens (tertiary/aromatic N) is 2. The number of hydrogen-bond acceptors (Lipinski definition) is 2. The normalized spacial score (nSPS) is 10.9.